The third-order valence-electron chi connectivity index (χ3n) is 3.98. The average Bonchev–Trinajstić information content (AvgIpc) is 3.09. The van der Waals surface area contributed by atoms with Crippen LogP contribution in [-0.4, -0.2) is 35.1 Å². The van der Waals surface area contributed by atoms with Crippen LogP contribution in [0.5, 0.6) is 5.75 Å². The molecule has 128 valence electrons. The monoisotopic (exact) mass is 340 g/mol. The van der Waals surface area contributed by atoms with E-state index in [0.29, 0.717) is 24.4 Å². The molecule has 1 N–H and O–H groups in total. The maximum Gasteiger partial charge on any atom is 0.317 e. The van der Waals surface area contributed by atoms with Crippen molar-refractivity contribution in [3.05, 3.63) is 59.7 Å². The second kappa shape index (κ2) is 7.62. The summed E-state index contributed by atoms with van der Waals surface area (Å²) in [6.07, 6.45) is 3.95. The summed E-state index contributed by atoms with van der Waals surface area (Å²) in [5.41, 5.74) is 0.595. The number of hydrogen-bond donors (Lipinski definition) is 1. The first-order valence-electron chi connectivity index (χ1n) is 7.93. The Morgan fingerprint density at radius 3 is 3.08 bits per heavy atom. The zero-order valence-electron chi connectivity index (χ0n) is 13.5. The molecule has 1 aromatic carbocycles. The topological polar surface area (TPSA) is 78.2 Å². The summed E-state index contributed by atoms with van der Waals surface area (Å²) < 4.78 is 19.6. The van der Waals surface area contributed by atoms with E-state index in [2.05, 4.69) is 10.3 Å². The fraction of sp³-hybridized carbons (Fsp3) is 0.278. The number of urea groups is 1. The van der Waals surface area contributed by atoms with Crippen molar-refractivity contribution in [1.82, 2.24) is 15.2 Å². The zero-order valence-corrected chi connectivity index (χ0v) is 13.5. The highest BCUT2D eigenvalue weighted by molar-refractivity contribution is 5.74. The highest BCUT2D eigenvalue weighted by Gasteiger charge is 2.27. The van der Waals surface area contributed by atoms with Crippen LogP contribution in [0.15, 0.2) is 42.7 Å². The Hall–Kier alpha value is -3.14. The van der Waals surface area contributed by atoms with Crippen molar-refractivity contribution in [3.8, 4) is 11.8 Å². The Morgan fingerprint density at radius 1 is 1.48 bits per heavy atom. The van der Waals surface area contributed by atoms with Gasteiger partial charge in [-0.2, -0.15) is 5.26 Å². The van der Waals surface area contributed by atoms with Gasteiger partial charge in [0.25, 0.3) is 0 Å². The number of nitrogens with one attached hydrogen (secondary N) is 1. The van der Waals surface area contributed by atoms with Crippen LogP contribution < -0.4 is 10.1 Å². The Balaban J connectivity index is 1.50. The Kier molecular flexibility index (Phi) is 5.09. The lowest BCUT2D eigenvalue weighted by molar-refractivity contribution is 0.186. The number of hydrogen-bond acceptors (Lipinski definition) is 4. The van der Waals surface area contributed by atoms with E-state index < -0.39 is 5.82 Å². The molecule has 1 aliphatic rings. The molecule has 3 rings (SSSR count). The molecule has 0 saturated carbocycles. The maximum absolute atomic E-state index is 13.8. The summed E-state index contributed by atoms with van der Waals surface area (Å²) in [4.78, 5) is 17.9. The van der Waals surface area contributed by atoms with Crippen molar-refractivity contribution in [2.45, 2.75) is 19.1 Å². The molecule has 2 aromatic rings. The fourth-order valence-corrected chi connectivity index (χ4v) is 2.66. The summed E-state index contributed by atoms with van der Waals surface area (Å²) in [6, 6.07) is 9.42. The van der Waals surface area contributed by atoms with E-state index in [0.717, 1.165) is 12.5 Å². The summed E-state index contributed by atoms with van der Waals surface area (Å²) in [5, 5.41) is 11.4. The molecule has 2 amide bonds. The van der Waals surface area contributed by atoms with Gasteiger partial charge in [-0.1, -0.05) is 6.07 Å². The third-order valence-corrected chi connectivity index (χ3v) is 3.98. The predicted octanol–water partition coefficient (Wildman–Crippen LogP) is 2.46. The number of carbonyl (C=O) groups is 1. The van der Waals surface area contributed by atoms with Gasteiger partial charge >= 0.3 is 6.03 Å². The third kappa shape index (κ3) is 4.23. The predicted molar refractivity (Wildman–Crippen MR) is 88.2 cm³/mol. The molecule has 1 saturated heterocycles. The van der Waals surface area contributed by atoms with E-state index in [1.165, 1.54) is 12.1 Å². The van der Waals surface area contributed by atoms with Gasteiger partial charge in [-0.3, -0.25) is 4.98 Å². The van der Waals surface area contributed by atoms with Crippen LogP contribution in [0.2, 0.25) is 0 Å². The SMILES string of the molecule is N#Cc1ccc(CNC(=O)N2CC[C@H](Oc3cccnc3)C2)c(F)c1. The van der Waals surface area contributed by atoms with Gasteiger partial charge in [0.05, 0.1) is 24.4 Å². The van der Waals surface area contributed by atoms with Gasteiger partial charge in [0.15, 0.2) is 0 Å². The second-order valence-electron chi connectivity index (χ2n) is 5.74. The molecule has 0 unspecified atom stereocenters. The van der Waals surface area contributed by atoms with Crippen molar-refractivity contribution < 1.29 is 13.9 Å². The number of likely N-dealkylation sites (tertiary alicyclic amines) is 1. The van der Waals surface area contributed by atoms with E-state index in [1.807, 2.05) is 12.1 Å². The number of carbonyl (C=O) groups excluding carboxylic acids is 1. The number of nitrogens with zero attached hydrogens (tertiary/aromatic N) is 3. The molecule has 7 heteroatoms. The number of aromatic nitrogens is 1. The Bertz CT molecular complexity index is 791. The molecule has 0 bridgehead atoms. The smallest absolute Gasteiger partial charge is 0.317 e. The first-order chi connectivity index (χ1) is 12.2. The van der Waals surface area contributed by atoms with Gasteiger partial charge in [0.1, 0.15) is 17.7 Å². The van der Waals surface area contributed by atoms with Crippen molar-refractivity contribution in [3.63, 3.8) is 0 Å². The van der Waals surface area contributed by atoms with Gasteiger partial charge < -0.3 is 15.0 Å². The van der Waals surface area contributed by atoms with Crippen LogP contribution in [0.25, 0.3) is 0 Å². The molecular formula is C18H17FN4O2. The van der Waals surface area contributed by atoms with E-state index in [1.54, 1.807) is 23.4 Å². The largest absolute Gasteiger partial charge is 0.487 e. The molecule has 2 heterocycles. The molecule has 0 radical (unpaired) electrons. The molecule has 0 spiro atoms. The molecule has 1 aliphatic heterocycles. The number of rotatable bonds is 4. The molecule has 1 atom stereocenters. The quantitative estimate of drug-likeness (QED) is 0.927. The highest BCUT2D eigenvalue weighted by atomic mass is 19.1. The Labute approximate surface area is 144 Å². The molecule has 1 fully saturated rings. The fourth-order valence-electron chi connectivity index (χ4n) is 2.66. The van der Waals surface area contributed by atoms with Crippen molar-refractivity contribution >= 4 is 6.03 Å². The standard InChI is InChI=1S/C18H17FN4O2/c19-17-8-13(9-20)3-4-14(17)10-22-18(24)23-7-5-16(12-23)25-15-2-1-6-21-11-15/h1-4,6,8,11,16H,5,7,10,12H2,(H,22,24)/t16-/m0/s1. The van der Waals surface area contributed by atoms with Gasteiger partial charge in [-0.05, 0) is 24.3 Å². The zero-order chi connectivity index (χ0) is 17.6. The molecule has 25 heavy (non-hydrogen) atoms. The maximum atomic E-state index is 13.8. The van der Waals surface area contributed by atoms with E-state index in [4.69, 9.17) is 10.00 Å². The number of nitriles is 1. The van der Waals surface area contributed by atoms with Crippen LogP contribution >= 0.6 is 0 Å². The van der Waals surface area contributed by atoms with Crippen LogP contribution in [0.4, 0.5) is 9.18 Å². The minimum absolute atomic E-state index is 0.0704. The number of pyridine rings is 1. The Morgan fingerprint density at radius 2 is 2.36 bits per heavy atom. The van der Waals surface area contributed by atoms with Gasteiger partial charge in [0.2, 0.25) is 0 Å². The number of benzene rings is 1. The van der Waals surface area contributed by atoms with Crippen molar-refractivity contribution in [2.24, 2.45) is 0 Å². The van der Waals surface area contributed by atoms with E-state index >= 15 is 0 Å². The average molecular weight is 340 g/mol. The normalized spacial score (nSPS) is 16.3. The first kappa shape index (κ1) is 16.7. The van der Waals surface area contributed by atoms with Crippen LogP contribution in [0.1, 0.15) is 17.5 Å². The lowest BCUT2D eigenvalue weighted by atomic mass is 10.1. The summed E-state index contributed by atoms with van der Waals surface area (Å²) in [7, 11) is 0. The highest BCUT2D eigenvalue weighted by Crippen LogP contribution is 2.17. The molecule has 1 aromatic heterocycles. The van der Waals surface area contributed by atoms with Crippen LogP contribution in [0, 0.1) is 17.1 Å². The van der Waals surface area contributed by atoms with Gasteiger partial charge in [-0.25, -0.2) is 9.18 Å². The minimum atomic E-state index is -0.501. The molecular weight excluding hydrogens is 323 g/mol. The lowest BCUT2D eigenvalue weighted by Gasteiger charge is -2.18. The molecule has 6 nitrogen and oxygen atoms in total. The summed E-state index contributed by atoms with van der Waals surface area (Å²) in [6.45, 7) is 1.12. The van der Waals surface area contributed by atoms with Gasteiger partial charge in [-0.15, -0.1) is 0 Å². The van der Waals surface area contributed by atoms with E-state index in [-0.39, 0.29) is 24.2 Å². The minimum Gasteiger partial charge on any atom is -0.487 e. The summed E-state index contributed by atoms with van der Waals surface area (Å²) in [5.74, 6) is 0.174. The van der Waals surface area contributed by atoms with Crippen LogP contribution in [0.3, 0.4) is 0 Å². The lowest BCUT2D eigenvalue weighted by Crippen LogP contribution is -2.39. The summed E-state index contributed by atoms with van der Waals surface area (Å²) >= 11 is 0. The second-order valence-corrected chi connectivity index (χ2v) is 5.74. The molecule has 0 aliphatic carbocycles. The van der Waals surface area contributed by atoms with Crippen molar-refractivity contribution in [2.75, 3.05) is 13.1 Å². The van der Waals surface area contributed by atoms with Gasteiger partial charge in [0, 0.05) is 31.3 Å². The first-order valence-corrected chi connectivity index (χ1v) is 7.93. The number of ether oxygens (including phenoxy) is 1. The van der Waals surface area contributed by atoms with Crippen LogP contribution in [-0.2, 0) is 6.54 Å². The number of amides is 2. The van der Waals surface area contributed by atoms with Crippen molar-refractivity contribution in [1.29, 1.82) is 5.26 Å². The number of halogens is 1. The van der Waals surface area contributed by atoms with E-state index in [9.17, 15) is 9.18 Å².